The van der Waals surface area contributed by atoms with Crippen LogP contribution in [0.2, 0.25) is 0 Å². The Morgan fingerprint density at radius 2 is 1.69 bits per heavy atom. The van der Waals surface area contributed by atoms with E-state index < -0.39 is 0 Å². The van der Waals surface area contributed by atoms with Crippen molar-refractivity contribution < 1.29 is 19.1 Å². The quantitative estimate of drug-likeness (QED) is 0.183. The number of carbonyl (C=O) groups is 2. The minimum absolute atomic E-state index is 0.126. The Morgan fingerprint density at radius 3 is 2.41 bits per heavy atom. The highest BCUT2D eigenvalue weighted by molar-refractivity contribution is 7.22. The first kappa shape index (κ1) is 28.5. The van der Waals surface area contributed by atoms with E-state index in [1.807, 2.05) is 37.3 Å². The highest BCUT2D eigenvalue weighted by Crippen LogP contribution is 2.39. The molecule has 0 atom stereocenters. The van der Waals surface area contributed by atoms with Crippen LogP contribution in [0.1, 0.15) is 40.8 Å². The lowest BCUT2D eigenvalue weighted by Gasteiger charge is -2.18. The largest absolute Gasteiger partial charge is 0.489 e. The Labute approximate surface area is 232 Å². The number of carbonyl (C=O) groups excluding carboxylic acids is 2. The molecule has 8 nitrogen and oxygen atoms in total. The van der Waals surface area contributed by atoms with Crippen LogP contribution in [0.15, 0.2) is 59.4 Å². The van der Waals surface area contributed by atoms with E-state index in [1.165, 1.54) is 15.9 Å². The van der Waals surface area contributed by atoms with Gasteiger partial charge in [-0.1, -0.05) is 62.4 Å². The predicted octanol–water partition coefficient (Wildman–Crippen LogP) is 4.59. The zero-order chi connectivity index (χ0) is 27.8. The zero-order valence-corrected chi connectivity index (χ0v) is 23.5. The summed E-state index contributed by atoms with van der Waals surface area (Å²) in [4.78, 5) is 43.1. The van der Waals surface area contributed by atoms with E-state index in [-0.39, 0.29) is 36.2 Å². The molecule has 1 N–H and O–H groups in total. The zero-order valence-electron chi connectivity index (χ0n) is 22.7. The number of aromatic nitrogens is 1. The first-order valence-corrected chi connectivity index (χ1v) is 14.2. The third kappa shape index (κ3) is 6.38. The smallest absolute Gasteiger partial charge is 0.265 e. The van der Waals surface area contributed by atoms with Crippen LogP contribution < -0.4 is 15.6 Å². The number of para-hydroxylation sites is 1. The molecule has 0 bridgehead atoms. The molecular weight excluding hydrogens is 514 g/mol. The molecule has 0 aliphatic rings. The number of nitrogens with zero attached hydrogens (tertiary/aromatic N) is 2. The number of likely N-dealkylation sites (N-methyl/N-ethyl adjacent to an activating group) is 1. The first-order chi connectivity index (χ1) is 19.0. The molecule has 2 heterocycles. The molecule has 0 radical (unpaired) electrons. The fourth-order valence-electron chi connectivity index (χ4n) is 4.54. The summed E-state index contributed by atoms with van der Waals surface area (Å²) in [5.41, 5.74) is 0.799. The first-order valence-electron chi connectivity index (χ1n) is 13.4. The standard InChI is InChI=1S/C30H35N3O5S/c1-4-32(5-2)17-16-31-29(35)28-26(38-19-18-37-6-3)25-27(39-28)22-14-10-11-15-23(22)33(30(25)36)20-24(34)21-12-8-7-9-13-21/h7-15H,4-6,16-20H2,1-3H3,(H,31,35). The number of thiophene rings is 1. The number of rotatable bonds is 14. The van der Waals surface area contributed by atoms with Crippen LogP contribution >= 0.6 is 11.3 Å². The van der Waals surface area contributed by atoms with Gasteiger partial charge < -0.3 is 19.7 Å². The molecule has 1 amide bonds. The molecule has 39 heavy (non-hydrogen) atoms. The van der Waals surface area contributed by atoms with Crippen LogP contribution in [0.4, 0.5) is 0 Å². The Morgan fingerprint density at radius 1 is 0.974 bits per heavy atom. The fraction of sp³-hybridized carbons (Fsp3) is 0.367. The number of amides is 1. The maximum Gasteiger partial charge on any atom is 0.265 e. The van der Waals surface area contributed by atoms with E-state index in [4.69, 9.17) is 9.47 Å². The average Bonchev–Trinajstić information content (AvgIpc) is 3.36. The molecule has 2 aromatic heterocycles. The van der Waals surface area contributed by atoms with Gasteiger partial charge in [0.25, 0.3) is 11.5 Å². The van der Waals surface area contributed by atoms with Crippen molar-refractivity contribution in [1.29, 1.82) is 0 Å². The number of pyridine rings is 1. The van der Waals surface area contributed by atoms with Crippen molar-refractivity contribution >= 4 is 44.0 Å². The Kier molecular flexibility index (Phi) is 9.86. The van der Waals surface area contributed by atoms with Crippen molar-refractivity contribution in [2.45, 2.75) is 27.3 Å². The highest BCUT2D eigenvalue weighted by Gasteiger charge is 2.26. The number of hydrogen-bond donors (Lipinski definition) is 1. The lowest BCUT2D eigenvalue weighted by molar-refractivity contribution is 0.0936. The summed E-state index contributed by atoms with van der Waals surface area (Å²) in [6.07, 6.45) is 0. The molecule has 0 unspecified atom stereocenters. The van der Waals surface area contributed by atoms with Gasteiger partial charge in [-0.3, -0.25) is 19.0 Å². The summed E-state index contributed by atoms with van der Waals surface area (Å²) in [7, 11) is 0. The van der Waals surface area contributed by atoms with Gasteiger partial charge in [0, 0.05) is 30.6 Å². The van der Waals surface area contributed by atoms with Crippen LogP contribution in [0.5, 0.6) is 5.75 Å². The Balaban J connectivity index is 1.80. The monoisotopic (exact) mass is 549 g/mol. The number of nitrogens with one attached hydrogen (secondary N) is 1. The third-order valence-electron chi connectivity index (χ3n) is 6.65. The molecular formula is C30H35N3O5S. The topological polar surface area (TPSA) is 89.9 Å². The van der Waals surface area contributed by atoms with Gasteiger partial charge in [-0.15, -0.1) is 11.3 Å². The molecule has 0 aliphatic carbocycles. The van der Waals surface area contributed by atoms with E-state index in [2.05, 4.69) is 24.1 Å². The highest BCUT2D eigenvalue weighted by atomic mass is 32.1. The van der Waals surface area contributed by atoms with Crippen molar-refractivity contribution in [2.24, 2.45) is 0 Å². The van der Waals surface area contributed by atoms with Gasteiger partial charge in [-0.05, 0) is 26.1 Å². The van der Waals surface area contributed by atoms with Crippen molar-refractivity contribution in [3.05, 3.63) is 75.4 Å². The minimum atomic E-state index is -0.363. The number of ketones is 1. The summed E-state index contributed by atoms with van der Waals surface area (Å²) in [5, 5.41) is 4.09. The molecule has 0 spiro atoms. The van der Waals surface area contributed by atoms with E-state index in [0.717, 1.165) is 25.0 Å². The van der Waals surface area contributed by atoms with Crippen molar-refractivity contribution in [1.82, 2.24) is 14.8 Å². The van der Waals surface area contributed by atoms with Crippen molar-refractivity contribution in [2.75, 3.05) is 46.0 Å². The number of fused-ring (bicyclic) bond motifs is 3. The van der Waals surface area contributed by atoms with Crippen LogP contribution in [-0.4, -0.2) is 67.2 Å². The third-order valence-corrected chi connectivity index (χ3v) is 7.86. The molecule has 2 aromatic carbocycles. The van der Waals surface area contributed by atoms with Crippen LogP contribution in [0.3, 0.4) is 0 Å². The van der Waals surface area contributed by atoms with E-state index in [1.54, 1.807) is 24.3 Å². The van der Waals surface area contributed by atoms with Gasteiger partial charge >= 0.3 is 0 Å². The maximum atomic E-state index is 14.0. The van der Waals surface area contributed by atoms with Gasteiger partial charge in [0.1, 0.15) is 16.9 Å². The molecule has 0 saturated carbocycles. The maximum absolute atomic E-state index is 14.0. The molecule has 0 fully saturated rings. The van der Waals surface area contributed by atoms with Crippen molar-refractivity contribution in [3.63, 3.8) is 0 Å². The van der Waals surface area contributed by atoms with Gasteiger partial charge in [-0.2, -0.15) is 0 Å². The molecule has 0 aliphatic heterocycles. The molecule has 9 heteroatoms. The number of benzene rings is 2. The Bertz CT molecular complexity index is 1490. The second-order valence-corrected chi connectivity index (χ2v) is 10.0. The minimum Gasteiger partial charge on any atom is -0.489 e. The SMILES string of the molecule is CCOCCOc1c(C(=O)NCCN(CC)CC)sc2c1c(=O)n(CC(=O)c1ccccc1)c1ccccc21. The van der Waals surface area contributed by atoms with E-state index >= 15 is 0 Å². The lowest BCUT2D eigenvalue weighted by atomic mass is 10.1. The van der Waals surface area contributed by atoms with Crippen LogP contribution in [-0.2, 0) is 11.3 Å². The second kappa shape index (κ2) is 13.5. The summed E-state index contributed by atoms with van der Waals surface area (Å²) in [5.74, 6) is -0.220. The molecule has 0 saturated heterocycles. The normalized spacial score (nSPS) is 11.4. The Hall–Kier alpha value is -3.53. The van der Waals surface area contributed by atoms with Gasteiger partial charge in [-0.25, -0.2) is 0 Å². The second-order valence-electron chi connectivity index (χ2n) is 8.99. The predicted molar refractivity (Wildman–Crippen MR) is 156 cm³/mol. The number of Topliss-reactive ketones (excluding diaryl/α,β-unsaturated/α-hetero) is 1. The lowest BCUT2D eigenvalue weighted by Crippen LogP contribution is -2.34. The van der Waals surface area contributed by atoms with Gasteiger partial charge in [0.2, 0.25) is 0 Å². The average molecular weight is 550 g/mol. The van der Waals surface area contributed by atoms with Crippen LogP contribution in [0.25, 0.3) is 21.0 Å². The van der Waals surface area contributed by atoms with E-state index in [0.29, 0.717) is 45.8 Å². The number of ether oxygens (including phenoxy) is 2. The number of hydrogen-bond acceptors (Lipinski definition) is 7. The summed E-state index contributed by atoms with van der Waals surface area (Å²) >= 11 is 1.24. The van der Waals surface area contributed by atoms with Gasteiger partial charge in [0.05, 0.1) is 23.4 Å². The molecule has 4 aromatic rings. The summed E-state index contributed by atoms with van der Waals surface area (Å²) < 4.78 is 13.7. The van der Waals surface area contributed by atoms with Gasteiger partial charge in [0.15, 0.2) is 11.5 Å². The fourth-order valence-corrected chi connectivity index (χ4v) is 5.73. The summed E-state index contributed by atoms with van der Waals surface area (Å²) in [6.45, 7) is 9.97. The van der Waals surface area contributed by atoms with Crippen LogP contribution in [0, 0.1) is 0 Å². The molecule has 206 valence electrons. The van der Waals surface area contributed by atoms with E-state index in [9.17, 15) is 14.4 Å². The molecule has 4 rings (SSSR count). The van der Waals surface area contributed by atoms with Crippen molar-refractivity contribution in [3.8, 4) is 5.75 Å². The summed E-state index contributed by atoms with van der Waals surface area (Å²) in [6, 6.07) is 16.4.